The molecule has 6 nitrogen and oxygen atoms in total. The third-order valence-corrected chi connectivity index (χ3v) is 11.4. The number of hydrazine groups is 1. The molecule has 0 aromatic heterocycles. The number of carbonyl (C=O) groups is 4. The molecule has 0 unspecified atom stereocenters. The Morgan fingerprint density at radius 1 is 0.833 bits per heavy atom. The highest BCUT2D eigenvalue weighted by molar-refractivity contribution is 9.12. The first kappa shape index (κ1) is 26.4. The second-order valence-electron chi connectivity index (χ2n) is 9.03. The summed E-state index contributed by atoms with van der Waals surface area (Å²) in [7, 11) is 0. The Kier molecular flexibility index (Phi) is 7.24. The predicted octanol–water partition coefficient (Wildman–Crippen LogP) is 6.32. The van der Waals surface area contributed by atoms with Crippen LogP contribution in [0.3, 0.4) is 0 Å². The smallest absolute Gasteiger partial charge is 0.274 e. The van der Waals surface area contributed by atoms with Gasteiger partial charge in [-0.05, 0) is 54.7 Å². The number of hydrogen-bond donors (Lipinski definition) is 0. The van der Waals surface area contributed by atoms with Gasteiger partial charge in [-0.3, -0.25) is 19.2 Å². The summed E-state index contributed by atoms with van der Waals surface area (Å²) < 4.78 is 0. The van der Waals surface area contributed by atoms with Crippen LogP contribution in [-0.2, 0) is 9.59 Å². The molecule has 3 aliphatic rings. The summed E-state index contributed by atoms with van der Waals surface area (Å²) in [6.07, 6.45) is 0.725. The fourth-order valence-electron chi connectivity index (χ4n) is 5.54. The van der Waals surface area contributed by atoms with Crippen LogP contribution >= 0.6 is 78.3 Å². The van der Waals surface area contributed by atoms with Gasteiger partial charge in [0, 0.05) is 25.3 Å². The highest BCUT2D eigenvalue weighted by Crippen LogP contribution is 2.60. The van der Waals surface area contributed by atoms with Gasteiger partial charge < -0.3 is 0 Å². The average Bonchev–Trinajstić information content (AvgIpc) is 3.42. The third-order valence-electron chi connectivity index (χ3n) is 7.13. The molecule has 1 aliphatic heterocycles. The van der Waals surface area contributed by atoms with E-state index in [1.54, 1.807) is 0 Å². The molecular formula is C24H16Br2Cl4N2O4. The van der Waals surface area contributed by atoms with Gasteiger partial charge in [-0.25, -0.2) is 5.01 Å². The van der Waals surface area contributed by atoms with Crippen molar-refractivity contribution in [1.29, 1.82) is 0 Å². The first-order chi connectivity index (χ1) is 17.0. The van der Waals surface area contributed by atoms with Gasteiger partial charge in [0.15, 0.2) is 5.78 Å². The first-order valence-electron chi connectivity index (χ1n) is 10.9. The molecule has 36 heavy (non-hydrogen) atoms. The molecule has 188 valence electrons. The number of nitrogens with zero attached hydrogens (tertiary/aromatic N) is 2. The van der Waals surface area contributed by atoms with Gasteiger partial charge in [0.1, 0.15) is 6.54 Å². The molecule has 0 spiro atoms. The van der Waals surface area contributed by atoms with Crippen molar-refractivity contribution in [3.05, 3.63) is 67.6 Å². The predicted molar refractivity (Wildman–Crippen MR) is 144 cm³/mol. The summed E-state index contributed by atoms with van der Waals surface area (Å²) in [6, 6.07) is 8.54. The Labute approximate surface area is 243 Å². The SMILES string of the molecule is O=C(CN(C(=O)c1ccc(Cl)cc1Cl)N1C(=O)[C@@H]2[C@H]3C[C@@H]([C@H](Br)[C@H]3Br)[C@@H]2C1=O)c1ccc(Cl)cc1Cl. The molecular weight excluding hydrogens is 682 g/mol. The number of benzene rings is 2. The van der Waals surface area contributed by atoms with Crippen LogP contribution in [0.2, 0.25) is 20.1 Å². The Morgan fingerprint density at radius 3 is 1.78 bits per heavy atom. The zero-order valence-electron chi connectivity index (χ0n) is 18.1. The van der Waals surface area contributed by atoms with E-state index in [4.69, 9.17) is 46.4 Å². The number of imide groups is 1. The number of alkyl halides is 2. The third kappa shape index (κ3) is 4.22. The second kappa shape index (κ2) is 9.86. The number of carbonyl (C=O) groups excluding carboxylic acids is 4. The molecule has 1 heterocycles. The van der Waals surface area contributed by atoms with E-state index in [-0.39, 0.29) is 42.7 Å². The molecule has 0 N–H and O–H groups in total. The number of hydrogen-bond acceptors (Lipinski definition) is 4. The lowest BCUT2D eigenvalue weighted by molar-refractivity contribution is -0.154. The molecule has 2 aromatic rings. The van der Waals surface area contributed by atoms with E-state index in [0.717, 1.165) is 16.4 Å². The number of Topliss-reactive ketones (excluding diaryl/α,β-unsaturated/α-hetero) is 1. The zero-order chi connectivity index (χ0) is 26.0. The lowest BCUT2D eigenvalue weighted by Crippen LogP contribution is -2.52. The van der Waals surface area contributed by atoms with Gasteiger partial charge >= 0.3 is 0 Å². The van der Waals surface area contributed by atoms with Gasteiger partial charge in [-0.15, -0.1) is 0 Å². The van der Waals surface area contributed by atoms with Crippen LogP contribution in [0.15, 0.2) is 36.4 Å². The highest BCUT2D eigenvalue weighted by atomic mass is 79.9. The Balaban J connectivity index is 1.54. The number of halogens is 6. The summed E-state index contributed by atoms with van der Waals surface area (Å²) in [5.41, 5.74) is 0.0925. The van der Waals surface area contributed by atoms with Crippen molar-refractivity contribution < 1.29 is 19.2 Å². The Bertz CT molecular complexity index is 1290. The van der Waals surface area contributed by atoms with Crippen LogP contribution < -0.4 is 0 Å². The average molecular weight is 698 g/mol. The molecule has 5 rings (SSSR count). The molecule has 3 amide bonds. The summed E-state index contributed by atoms with van der Waals surface area (Å²) >= 11 is 31.7. The molecule has 1 saturated heterocycles. The number of fused-ring (bicyclic) bond motifs is 5. The first-order valence-corrected chi connectivity index (χ1v) is 14.3. The van der Waals surface area contributed by atoms with E-state index in [0.29, 0.717) is 10.0 Å². The van der Waals surface area contributed by atoms with E-state index in [1.807, 2.05) is 0 Å². The van der Waals surface area contributed by atoms with Crippen LogP contribution in [-0.4, -0.2) is 49.7 Å². The second-order valence-corrected chi connectivity index (χ2v) is 12.8. The van der Waals surface area contributed by atoms with E-state index < -0.39 is 41.9 Å². The topological polar surface area (TPSA) is 74.8 Å². The molecule has 3 fully saturated rings. The van der Waals surface area contributed by atoms with Crippen molar-refractivity contribution in [1.82, 2.24) is 10.0 Å². The molecule has 0 radical (unpaired) electrons. The maximum atomic E-state index is 13.7. The normalized spacial score (nSPS) is 28.6. The molecule has 12 heteroatoms. The molecule has 2 aromatic carbocycles. The summed E-state index contributed by atoms with van der Waals surface area (Å²) in [6.45, 7) is -0.610. The minimum absolute atomic E-state index is 0.00608. The summed E-state index contributed by atoms with van der Waals surface area (Å²) in [5.74, 6) is -3.66. The number of amides is 3. The van der Waals surface area contributed by atoms with Crippen LogP contribution in [0.25, 0.3) is 0 Å². The molecule has 2 saturated carbocycles. The van der Waals surface area contributed by atoms with Crippen molar-refractivity contribution in [2.24, 2.45) is 23.7 Å². The van der Waals surface area contributed by atoms with Crippen molar-refractivity contribution in [3.63, 3.8) is 0 Å². The maximum Gasteiger partial charge on any atom is 0.274 e. The summed E-state index contributed by atoms with van der Waals surface area (Å²) in [4.78, 5) is 54.3. The van der Waals surface area contributed by atoms with Crippen LogP contribution in [0.1, 0.15) is 27.1 Å². The van der Waals surface area contributed by atoms with Gasteiger partial charge in [-0.2, -0.15) is 5.01 Å². The van der Waals surface area contributed by atoms with Crippen LogP contribution in [0, 0.1) is 23.7 Å². The Hall–Kier alpha value is -1.16. The fourth-order valence-corrected chi connectivity index (χ4v) is 8.42. The number of ketones is 1. The van der Waals surface area contributed by atoms with E-state index >= 15 is 0 Å². The van der Waals surface area contributed by atoms with Crippen LogP contribution in [0.5, 0.6) is 0 Å². The van der Waals surface area contributed by atoms with Crippen LogP contribution in [0.4, 0.5) is 0 Å². The Morgan fingerprint density at radius 2 is 1.31 bits per heavy atom. The van der Waals surface area contributed by atoms with E-state index in [9.17, 15) is 19.2 Å². The minimum Gasteiger partial charge on any atom is -0.292 e. The van der Waals surface area contributed by atoms with E-state index in [1.165, 1.54) is 36.4 Å². The zero-order valence-corrected chi connectivity index (χ0v) is 24.3. The highest BCUT2D eigenvalue weighted by Gasteiger charge is 2.67. The fraction of sp³-hybridized carbons (Fsp3) is 0.333. The lowest BCUT2D eigenvalue weighted by atomic mass is 9.81. The maximum absolute atomic E-state index is 13.7. The van der Waals surface area contributed by atoms with Gasteiger partial charge in [0.25, 0.3) is 17.7 Å². The van der Waals surface area contributed by atoms with Gasteiger partial charge in [0.2, 0.25) is 0 Å². The van der Waals surface area contributed by atoms with E-state index in [2.05, 4.69) is 31.9 Å². The van der Waals surface area contributed by atoms with Gasteiger partial charge in [-0.1, -0.05) is 78.3 Å². The van der Waals surface area contributed by atoms with Crippen molar-refractivity contribution in [3.8, 4) is 0 Å². The summed E-state index contributed by atoms with van der Waals surface area (Å²) in [5, 5.41) is 2.45. The minimum atomic E-state index is -0.782. The molecule has 2 aliphatic carbocycles. The standard InChI is InChI=1S/C24H16Br2Cl4N2O4/c25-20-13-7-14(21(20)26)19-18(13)23(35)32(24(19)36)31(22(34)12-4-2-10(28)6-16(12)30)8-17(33)11-3-1-9(27)5-15(11)29/h1-6,13-14,18-21H,7-8H2/t13-,14-,18-,19+,20+,21+/m1/s1. The van der Waals surface area contributed by atoms with Crippen molar-refractivity contribution in [2.75, 3.05) is 6.54 Å². The van der Waals surface area contributed by atoms with Crippen molar-refractivity contribution >= 4 is 102 Å². The molecule has 2 bridgehead atoms. The largest absolute Gasteiger partial charge is 0.292 e. The lowest BCUT2D eigenvalue weighted by Gasteiger charge is -2.31. The quantitative estimate of drug-likeness (QED) is 0.208. The number of rotatable bonds is 5. The molecule has 6 atom stereocenters. The van der Waals surface area contributed by atoms with Crippen molar-refractivity contribution in [2.45, 2.75) is 16.1 Å². The monoisotopic (exact) mass is 694 g/mol. The van der Waals surface area contributed by atoms with Gasteiger partial charge in [0.05, 0.1) is 27.4 Å².